The fourth-order valence-corrected chi connectivity index (χ4v) is 2.45. The van der Waals surface area contributed by atoms with Gasteiger partial charge in [0.1, 0.15) is 0 Å². The zero-order valence-electron chi connectivity index (χ0n) is 6.45. The molecule has 0 N–H and O–H groups in total. The van der Waals surface area contributed by atoms with Gasteiger partial charge >= 0.3 is 0 Å². The largest absolute Gasteiger partial charge is 0.116 e. The van der Waals surface area contributed by atoms with E-state index in [1.165, 1.54) is 11.1 Å². The van der Waals surface area contributed by atoms with Gasteiger partial charge in [0.25, 0.3) is 0 Å². The first kappa shape index (κ1) is 6.89. The summed E-state index contributed by atoms with van der Waals surface area (Å²) in [6.45, 7) is 8.80. The molecule has 0 aromatic carbocycles. The average molecular weight is 139 g/mol. The Hall–Kier alpha value is -0.220. The number of rotatable bonds is 0. The highest BCUT2D eigenvalue weighted by molar-refractivity contribution is 7.47. The molecule has 1 radical (unpaired) electrons. The Morgan fingerprint density at radius 1 is 1.22 bits per heavy atom. The summed E-state index contributed by atoms with van der Waals surface area (Å²) in [5.41, 5.74) is 2.82. The molecule has 0 saturated carbocycles. The van der Waals surface area contributed by atoms with Gasteiger partial charge in [-0.25, -0.2) is 0 Å². The lowest BCUT2D eigenvalue weighted by atomic mass is 10.2. The summed E-state index contributed by atoms with van der Waals surface area (Å²) in [4.78, 5) is 0. The maximum Gasteiger partial charge on any atom is 0.00858 e. The minimum absolute atomic E-state index is 0.0123. The van der Waals surface area contributed by atoms with Crippen LogP contribution in [0.2, 0.25) is 0 Å². The van der Waals surface area contributed by atoms with Crippen LogP contribution < -0.4 is 0 Å². The molecular weight excluding hydrogens is 127 g/mol. The van der Waals surface area contributed by atoms with Crippen molar-refractivity contribution in [3.05, 3.63) is 22.2 Å². The minimum atomic E-state index is -0.0123. The molecule has 0 bridgehead atoms. The predicted octanol–water partition coefficient (Wildman–Crippen LogP) is 2.94. The van der Waals surface area contributed by atoms with E-state index in [4.69, 9.17) is 0 Å². The Kier molecular flexibility index (Phi) is 1.68. The summed E-state index contributed by atoms with van der Waals surface area (Å²) < 4.78 is 0. The Labute approximate surface area is 58.0 Å². The summed E-state index contributed by atoms with van der Waals surface area (Å²) in [6.07, 6.45) is 0. The first-order valence-electron chi connectivity index (χ1n) is 3.14. The van der Waals surface area contributed by atoms with E-state index in [1.54, 1.807) is 5.30 Å². The van der Waals surface area contributed by atoms with Crippen LogP contribution in [0.4, 0.5) is 0 Å². The highest BCUT2D eigenvalue weighted by Gasteiger charge is 2.01. The molecule has 1 atom stereocenters. The Morgan fingerprint density at radius 3 is 1.89 bits per heavy atom. The minimum Gasteiger partial charge on any atom is -0.116 e. The fraction of sp³-hybridized carbons (Fsp3) is 0.500. The second kappa shape index (κ2) is 2.19. The lowest BCUT2D eigenvalue weighted by Crippen LogP contribution is -1.71. The monoisotopic (exact) mass is 139 g/mol. The van der Waals surface area contributed by atoms with Crippen LogP contribution in [-0.4, -0.2) is 0 Å². The summed E-state index contributed by atoms with van der Waals surface area (Å²) >= 11 is 0. The zero-order chi connectivity index (χ0) is 7.02. The van der Waals surface area contributed by atoms with Crippen LogP contribution >= 0.6 is 7.53 Å². The van der Waals surface area contributed by atoms with Gasteiger partial charge in [-0.15, -0.1) is 7.53 Å². The van der Waals surface area contributed by atoms with E-state index in [9.17, 15) is 0 Å². The van der Waals surface area contributed by atoms with Crippen molar-refractivity contribution in [2.24, 2.45) is 6.66 Å². The molecule has 1 unspecified atom stereocenters. The zero-order valence-corrected chi connectivity index (χ0v) is 7.34. The summed E-state index contributed by atoms with van der Waals surface area (Å²) in [5, 5.41) is 1.54. The highest BCUT2D eigenvalue weighted by atomic mass is 31.1. The lowest BCUT2D eigenvalue weighted by molar-refractivity contribution is 1.35. The topological polar surface area (TPSA) is 0 Å². The molecular formula is C8H12P. The summed E-state index contributed by atoms with van der Waals surface area (Å²) in [7, 11) is -0.0123. The maximum absolute atomic E-state index is 3.42. The summed E-state index contributed by atoms with van der Waals surface area (Å²) in [5.74, 6) is 3.42. The lowest BCUT2D eigenvalue weighted by Gasteiger charge is -1.90. The highest BCUT2D eigenvalue weighted by Crippen LogP contribution is 2.34. The number of hydrogen-bond donors (Lipinski definition) is 0. The van der Waals surface area contributed by atoms with Gasteiger partial charge in [0.05, 0.1) is 0 Å². The van der Waals surface area contributed by atoms with Crippen molar-refractivity contribution in [3.63, 3.8) is 0 Å². The Bertz CT molecular complexity index is 198. The van der Waals surface area contributed by atoms with Gasteiger partial charge in [-0.05, 0) is 43.9 Å². The van der Waals surface area contributed by atoms with Crippen molar-refractivity contribution in [1.29, 1.82) is 0 Å². The van der Waals surface area contributed by atoms with E-state index in [0.29, 0.717) is 0 Å². The molecule has 49 valence electrons. The molecule has 0 saturated heterocycles. The van der Waals surface area contributed by atoms with Crippen LogP contribution in [0.25, 0.3) is 0 Å². The molecule has 0 aliphatic heterocycles. The van der Waals surface area contributed by atoms with Gasteiger partial charge in [0.2, 0.25) is 0 Å². The van der Waals surface area contributed by atoms with Gasteiger partial charge in [-0.3, -0.25) is 0 Å². The smallest absolute Gasteiger partial charge is 0.00858 e. The first-order chi connectivity index (χ1) is 4.13. The van der Waals surface area contributed by atoms with Crippen molar-refractivity contribution < 1.29 is 0 Å². The van der Waals surface area contributed by atoms with E-state index >= 15 is 0 Å². The fourth-order valence-electron chi connectivity index (χ4n) is 0.942. The SMILES string of the molecule is Cc1[c]p(C)c(C)c1C. The maximum atomic E-state index is 3.42. The molecule has 0 spiro atoms. The van der Waals surface area contributed by atoms with Crippen molar-refractivity contribution >= 4 is 7.53 Å². The van der Waals surface area contributed by atoms with E-state index in [-0.39, 0.29) is 7.53 Å². The number of hydrogen-bond acceptors (Lipinski definition) is 0. The molecule has 1 aromatic heterocycles. The molecule has 0 amide bonds. The van der Waals surface area contributed by atoms with Crippen LogP contribution in [0.15, 0.2) is 0 Å². The van der Waals surface area contributed by atoms with Gasteiger partial charge in [-0.1, -0.05) is 0 Å². The van der Waals surface area contributed by atoms with E-state index in [2.05, 4.69) is 33.2 Å². The molecule has 1 rings (SSSR count). The second-order valence-electron chi connectivity index (χ2n) is 2.51. The molecule has 0 aliphatic carbocycles. The van der Waals surface area contributed by atoms with E-state index in [0.717, 1.165) is 0 Å². The van der Waals surface area contributed by atoms with Crippen LogP contribution in [0.3, 0.4) is 0 Å². The number of aryl methyl sites for hydroxylation is 2. The van der Waals surface area contributed by atoms with Gasteiger partial charge in [-0.2, -0.15) is 0 Å². The molecule has 1 heteroatoms. The predicted molar refractivity (Wildman–Crippen MR) is 43.2 cm³/mol. The molecule has 1 heterocycles. The molecule has 0 nitrogen and oxygen atoms in total. The van der Waals surface area contributed by atoms with Gasteiger partial charge in [0, 0.05) is 5.80 Å². The van der Waals surface area contributed by atoms with Crippen molar-refractivity contribution in [2.45, 2.75) is 20.8 Å². The van der Waals surface area contributed by atoms with Crippen molar-refractivity contribution in [3.8, 4) is 0 Å². The third-order valence-corrected chi connectivity index (χ3v) is 3.96. The second-order valence-corrected chi connectivity index (χ2v) is 4.52. The van der Waals surface area contributed by atoms with Gasteiger partial charge < -0.3 is 0 Å². The molecule has 0 fully saturated rings. The standard InChI is InChI=1S/C8H12P/c1-6-5-9(4)8(3)7(6)2/h1-4H3. The van der Waals surface area contributed by atoms with Crippen molar-refractivity contribution in [2.75, 3.05) is 0 Å². The van der Waals surface area contributed by atoms with Crippen molar-refractivity contribution in [1.82, 2.24) is 0 Å². The Balaban J connectivity index is 3.29. The molecule has 0 aliphatic rings. The molecule has 9 heavy (non-hydrogen) atoms. The van der Waals surface area contributed by atoms with Crippen LogP contribution in [0.1, 0.15) is 16.4 Å². The van der Waals surface area contributed by atoms with Crippen LogP contribution in [0.5, 0.6) is 0 Å². The first-order valence-corrected chi connectivity index (χ1v) is 4.93. The Morgan fingerprint density at radius 2 is 1.78 bits per heavy atom. The molecule has 1 aromatic rings. The summed E-state index contributed by atoms with van der Waals surface area (Å²) in [6, 6.07) is 0. The third kappa shape index (κ3) is 1.04. The normalized spacial score (nSPS) is 12.2. The van der Waals surface area contributed by atoms with Crippen LogP contribution in [0, 0.1) is 26.6 Å². The van der Waals surface area contributed by atoms with E-state index < -0.39 is 0 Å². The quantitative estimate of drug-likeness (QED) is 0.518. The van der Waals surface area contributed by atoms with Crippen LogP contribution in [-0.2, 0) is 6.66 Å². The van der Waals surface area contributed by atoms with Gasteiger partial charge in [0.15, 0.2) is 0 Å². The van der Waals surface area contributed by atoms with E-state index in [1.807, 2.05) is 0 Å². The third-order valence-electron chi connectivity index (χ3n) is 1.94. The average Bonchev–Trinajstić information content (AvgIpc) is 1.98.